The molecular weight excluding hydrogens is 246 g/mol. The quantitative estimate of drug-likeness (QED) is 0.845. The number of thioether (sulfide) groups is 1. The van der Waals surface area contributed by atoms with Crippen LogP contribution in [0.3, 0.4) is 0 Å². The molecule has 1 heterocycles. The zero-order chi connectivity index (χ0) is 13.1. The average Bonchev–Trinajstić information content (AvgIpc) is 2.78. The predicted octanol–water partition coefficient (Wildman–Crippen LogP) is 3.16. The molecule has 0 radical (unpaired) electrons. The van der Waals surface area contributed by atoms with E-state index in [0.717, 1.165) is 23.0 Å². The Balaban J connectivity index is 2.15. The molecule has 5 heteroatoms. The predicted molar refractivity (Wildman–Crippen MR) is 73.7 cm³/mol. The van der Waals surface area contributed by atoms with Crippen molar-refractivity contribution in [3.63, 3.8) is 0 Å². The summed E-state index contributed by atoms with van der Waals surface area (Å²) in [4.78, 5) is 20.4. The largest absolute Gasteiger partial charge is 0.339 e. The van der Waals surface area contributed by atoms with Crippen LogP contribution in [-0.2, 0) is 0 Å². The maximum Gasteiger partial charge on any atom is 0.288 e. The summed E-state index contributed by atoms with van der Waals surface area (Å²) in [5.74, 6) is 0. The van der Waals surface area contributed by atoms with Gasteiger partial charge in [-0.05, 0) is 12.5 Å². The first-order valence-corrected chi connectivity index (χ1v) is 6.39. The van der Waals surface area contributed by atoms with Crippen LogP contribution in [0.25, 0.3) is 11.3 Å². The fraction of sp³-hybridized carbons (Fsp3) is 0.231. The first-order valence-electron chi connectivity index (χ1n) is 5.57. The van der Waals surface area contributed by atoms with E-state index in [1.54, 1.807) is 20.3 Å². The second-order valence-electron chi connectivity index (χ2n) is 4.23. The third-order valence-electron chi connectivity index (χ3n) is 2.46. The van der Waals surface area contributed by atoms with Gasteiger partial charge in [0.2, 0.25) is 0 Å². The lowest BCUT2D eigenvalue weighted by molar-refractivity contribution is 0.241. The minimum absolute atomic E-state index is 0.0418. The minimum Gasteiger partial charge on any atom is -0.339 e. The van der Waals surface area contributed by atoms with Crippen LogP contribution in [0.4, 0.5) is 4.79 Å². The van der Waals surface area contributed by atoms with Crippen LogP contribution in [0.15, 0.2) is 35.6 Å². The van der Waals surface area contributed by atoms with E-state index in [-0.39, 0.29) is 5.24 Å². The normalized spacial score (nSPS) is 10.4. The van der Waals surface area contributed by atoms with Crippen molar-refractivity contribution in [3.05, 3.63) is 36.0 Å². The van der Waals surface area contributed by atoms with Gasteiger partial charge in [0.25, 0.3) is 5.24 Å². The molecule has 0 bridgehead atoms. The number of aromatic nitrogens is 2. The number of hydrogen-bond donors (Lipinski definition) is 1. The van der Waals surface area contributed by atoms with Gasteiger partial charge in [0, 0.05) is 25.9 Å². The van der Waals surface area contributed by atoms with Crippen molar-refractivity contribution in [1.82, 2.24) is 14.9 Å². The Morgan fingerprint density at radius 2 is 1.94 bits per heavy atom. The highest BCUT2D eigenvalue weighted by Crippen LogP contribution is 2.22. The van der Waals surface area contributed by atoms with Crippen molar-refractivity contribution in [1.29, 1.82) is 0 Å². The smallest absolute Gasteiger partial charge is 0.288 e. The summed E-state index contributed by atoms with van der Waals surface area (Å²) in [7, 11) is 3.44. The summed E-state index contributed by atoms with van der Waals surface area (Å²) in [6.45, 7) is 2.05. The number of nitrogens with one attached hydrogen (secondary N) is 1. The first-order chi connectivity index (χ1) is 8.56. The highest BCUT2D eigenvalue weighted by molar-refractivity contribution is 8.13. The van der Waals surface area contributed by atoms with Gasteiger partial charge in [-0.15, -0.1) is 0 Å². The second kappa shape index (κ2) is 5.27. The highest BCUT2D eigenvalue weighted by Gasteiger charge is 2.10. The van der Waals surface area contributed by atoms with Gasteiger partial charge < -0.3 is 9.88 Å². The van der Waals surface area contributed by atoms with Crippen molar-refractivity contribution in [2.45, 2.75) is 12.1 Å². The summed E-state index contributed by atoms with van der Waals surface area (Å²) in [5, 5.41) is 0.573. The van der Waals surface area contributed by atoms with Crippen LogP contribution >= 0.6 is 11.8 Å². The van der Waals surface area contributed by atoms with E-state index in [1.165, 1.54) is 10.5 Å². The minimum atomic E-state index is -0.0418. The molecule has 0 saturated heterocycles. The molecular formula is C13H15N3OS. The van der Waals surface area contributed by atoms with Gasteiger partial charge in [0.1, 0.15) is 0 Å². The van der Waals surface area contributed by atoms with Gasteiger partial charge >= 0.3 is 0 Å². The van der Waals surface area contributed by atoms with Crippen molar-refractivity contribution < 1.29 is 4.79 Å². The molecule has 1 aromatic heterocycles. The zero-order valence-electron chi connectivity index (χ0n) is 10.6. The van der Waals surface area contributed by atoms with E-state index < -0.39 is 0 Å². The fourth-order valence-corrected chi connectivity index (χ4v) is 2.02. The lowest BCUT2D eigenvalue weighted by atomic mass is 10.1. The van der Waals surface area contributed by atoms with Gasteiger partial charge in [0.15, 0.2) is 5.16 Å². The van der Waals surface area contributed by atoms with Crippen molar-refractivity contribution >= 4 is 17.0 Å². The third kappa shape index (κ3) is 2.92. The summed E-state index contributed by atoms with van der Waals surface area (Å²) in [6, 6.07) is 8.16. The van der Waals surface area contributed by atoms with Gasteiger partial charge in [-0.1, -0.05) is 29.8 Å². The van der Waals surface area contributed by atoms with E-state index in [1.807, 2.05) is 31.2 Å². The number of benzene rings is 1. The molecule has 0 atom stereocenters. The number of aromatic amines is 1. The number of rotatable bonds is 2. The molecule has 1 N–H and O–H groups in total. The van der Waals surface area contributed by atoms with Crippen LogP contribution < -0.4 is 0 Å². The van der Waals surface area contributed by atoms with Gasteiger partial charge in [0.05, 0.1) is 11.9 Å². The summed E-state index contributed by atoms with van der Waals surface area (Å²) >= 11 is 1.09. The van der Waals surface area contributed by atoms with Crippen LogP contribution in [-0.4, -0.2) is 34.2 Å². The Morgan fingerprint density at radius 1 is 1.28 bits per heavy atom. The summed E-state index contributed by atoms with van der Waals surface area (Å²) < 4.78 is 0. The van der Waals surface area contributed by atoms with Crippen molar-refractivity contribution in [3.8, 4) is 11.3 Å². The van der Waals surface area contributed by atoms with E-state index in [9.17, 15) is 4.79 Å². The van der Waals surface area contributed by atoms with E-state index in [2.05, 4.69) is 9.97 Å². The Morgan fingerprint density at radius 3 is 2.56 bits per heavy atom. The maximum absolute atomic E-state index is 11.5. The molecule has 2 aromatic rings. The number of hydrogen-bond acceptors (Lipinski definition) is 3. The molecule has 94 valence electrons. The SMILES string of the molecule is Cc1ccc(-c2cnc(SC(=O)N(C)C)[nH]2)cc1. The number of H-pyrrole nitrogens is 1. The number of carbonyl (C=O) groups is 1. The number of nitrogens with zero attached hydrogens (tertiary/aromatic N) is 2. The zero-order valence-corrected chi connectivity index (χ0v) is 11.4. The molecule has 4 nitrogen and oxygen atoms in total. The number of carbonyl (C=O) groups excluding carboxylic acids is 1. The fourth-order valence-electron chi connectivity index (χ4n) is 1.41. The molecule has 0 spiro atoms. The van der Waals surface area contributed by atoms with E-state index in [0.29, 0.717) is 5.16 Å². The third-order valence-corrected chi connectivity index (χ3v) is 3.40. The Hall–Kier alpha value is -1.75. The van der Waals surface area contributed by atoms with Crippen molar-refractivity contribution in [2.24, 2.45) is 0 Å². The maximum atomic E-state index is 11.5. The molecule has 0 aliphatic carbocycles. The molecule has 18 heavy (non-hydrogen) atoms. The molecule has 0 unspecified atom stereocenters. The molecule has 1 aromatic carbocycles. The monoisotopic (exact) mass is 261 g/mol. The number of aryl methyl sites for hydroxylation is 1. The lowest BCUT2D eigenvalue weighted by Crippen LogP contribution is -2.16. The van der Waals surface area contributed by atoms with Crippen LogP contribution in [0, 0.1) is 6.92 Å². The summed E-state index contributed by atoms with van der Waals surface area (Å²) in [6.07, 6.45) is 1.75. The molecule has 0 saturated carbocycles. The topological polar surface area (TPSA) is 49.0 Å². The molecule has 0 fully saturated rings. The van der Waals surface area contributed by atoms with Crippen LogP contribution in [0.5, 0.6) is 0 Å². The number of imidazole rings is 1. The highest BCUT2D eigenvalue weighted by atomic mass is 32.2. The molecule has 2 rings (SSSR count). The van der Waals surface area contributed by atoms with Crippen molar-refractivity contribution in [2.75, 3.05) is 14.1 Å². The van der Waals surface area contributed by atoms with Gasteiger partial charge in [-0.25, -0.2) is 4.98 Å². The van der Waals surface area contributed by atoms with E-state index >= 15 is 0 Å². The van der Waals surface area contributed by atoms with Gasteiger partial charge in [-0.3, -0.25) is 4.79 Å². The molecule has 0 aliphatic heterocycles. The van der Waals surface area contributed by atoms with Crippen LogP contribution in [0.1, 0.15) is 5.56 Å². The standard InChI is InChI=1S/C13H15N3OS/c1-9-4-6-10(7-5-9)11-8-14-12(15-11)18-13(17)16(2)3/h4-8H,1-3H3,(H,14,15). The molecule has 1 amide bonds. The Kier molecular flexibility index (Phi) is 3.72. The van der Waals surface area contributed by atoms with Crippen LogP contribution in [0.2, 0.25) is 0 Å². The second-order valence-corrected chi connectivity index (χ2v) is 5.17. The Labute approximate surface area is 110 Å². The van der Waals surface area contributed by atoms with Gasteiger partial charge in [-0.2, -0.15) is 0 Å². The Bertz CT molecular complexity index is 546. The number of amides is 1. The van der Waals surface area contributed by atoms with E-state index in [4.69, 9.17) is 0 Å². The average molecular weight is 261 g/mol. The lowest BCUT2D eigenvalue weighted by Gasteiger charge is -2.06. The first kappa shape index (κ1) is 12.7. The summed E-state index contributed by atoms with van der Waals surface area (Å²) in [5.41, 5.74) is 3.21. The molecule has 0 aliphatic rings.